The van der Waals surface area contributed by atoms with Gasteiger partial charge in [0.2, 0.25) is 0 Å². The van der Waals surface area contributed by atoms with E-state index in [0.717, 1.165) is 64.5 Å². The molecule has 0 fully saturated rings. The Kier molecular flexibility index (Phi) is 14.6. The molecule has 3 heterocycles. The van der Waals surface area contributed by atoms with Gasteiger partial charge >= 0.3 is 16.0 Å². The summed E-state index contributed by atoms with van der Waals surface area (Å²) in [5.41, 5.74) is 7.28. The molecule has 4 N–H and O–H groups in total. The van der Waals surface area contributed by atoms with E-state index in [9.17, 15) is 40.0 Å². The number of aliphatic hydroxyl groups is 2. The molecule has 0 atom stereocenters. The second-order valence-electron chi connectivity index (χ2n) is 9.79. The van der Waals surface area contributed by atoms with Crippen molar-refractivity contribution in [2.75, 3.05) is 5.73 Å². The molecule has 6 rings (SSSR count). The fourth-order valence-electron chi connectivity index (χ4n) is 3.51. The van der Waals surface area contributed by atoms with Crippen LogP contribution in [-0.4, -0.2) is 47.6 Å². The predicted molar refractivity (Wildman–Crippen MR) is 186 cm³/mol. The van der Waals surface area contributed by atoms with Gasteiger partial charge in [-0.25, -0.2) is 9.13 Å². The fourth-order valence-corrected chi connectivity index (χ4v) is 4.62. The van der Waals surface area contributed by atoms with Crippen molar-refractivity contribution in [1.29, 1.82) is 0 Å². The molecule has 0 amide bonds. The zero-order valence-electron chi connectivity index (χ0n) is 27.0. The number of aryl methyl sites for hydroxylation is 2. The van der Waals surface area contributed by atoms with Crippen LogP contribution < -0.4 is 29.9 Å². The van der Waals surface area contributed by atoms with E-state index in [0.29, 0.717) is 0 Å². The predicted octanol–water partition coefficient (Wildman–Crippen LogP) is 2.75. The maximum atomic E-state index is 10.9. The van der Waals surface area contributed by atoms with Gasteiger partial charge in [0.05, 0.1) is 36.3 Å². The van der Waals surface area contributed by atoms with E-state index in [1.165, 1.54) is 24.3 Å². The molecule has 0 saturated carbocycles. The number of benzene rings is 1. The van der Waals surface area contributed by atoms with Crippen molar-refractivity contribution in [2.45, 2.75) is 0 Å². The summed E-state index contributed by atoms with van der Waals surface area (Å²) < 4.78 is 3.81. The quantitative estimate of drug-likeness (QED) is 0.0635. The number of nitrogens with two attached hydrogens (primary N) is 1. The third kappa shape index (κ3) is 12.2. The average Bonchev–Trinajstić information content (AvgIpc) is 3.85. The van der Waals surface area contributed by atoms with Crippen LogP contribution in [0.3, 0.4) is 0 Å². The SMILES string of the molecule is Cn1cc[n+](C)c1N=Nc1ccc(N)cc1.O=C1C=CC(=NN=c2[n-]cc([N+](=O)[O-])s2)C(O)=C1.O=C1C=CC(=NN=c2[n-]cc([N+](=O)[O-])s2)C(O)=C1.[Co]. The van der Waals surface area contributed by atoms with Crippen LogP contribution in [0.5, 0.6) is 0 Å². The first-order chi connectivity index (χ1) is 24.8. The van der Waals surface area contributed by atoms with Crippen LogP contribution in [0.15, 0.2) is 128 Å². The smallest absolute Gasteiger partial charge is 0.421 e. The number of nitrogens with zero attached hydrogens (tertiary/aromatic N) is 12. The number of imidazole rings is 1. The van der Waals surface area contributed by atoms with Gasteiger partial charge in [0.25, 0.3) is 0 Å². The Morgan fingerprint density at radius 1 is 0.792 bits per heavy atom. The molecule has 4 aromatic rings. The van der Waals surface area contributed by atoms with Crippen LogP contribution in [-0.2, 0) is 40.5 Å². The van der Waals surface area contributed by atoms with Gasteiger partial charge in [0.1, 0.15) is 28.6 Å². The summed E-state index contributed by atoms with van der Waals surface area (Å²) in [5.74, 6) is -0.529. The van der Waals surface area contributed by atoms with Crippen molar-refractivity contribution in [1.82, 2.24) is 14.5 Å². The van der Waals surface area contributed by atoms with E-state index in [4.69, 9.17) is 5.73 Å². The molecule has 0 spiro atoms. The number of thiazole rings is 2. The van der Waals surface area contributed by atoms with Crippen LogP contribution in [0.25, 0.3) is 0 Å². The maximum Gasteiger partial charge on any atom is 0.421 e. The Hall–Kier alpha value is -6.76. The number of nitrogen functional groups attached to an aromatic ring is 1. The van der Waals surface area contributed by atoms with Gasteiger partial charge in [-0.05, 0) is 48.6 Å². The van der Waals surface area contributed by atoms with Gasteiger partial charge in [0, 0.05) is 61.7 Å². The number of carbonyl (C=O) groups is 2. The largest absolute Gasteiger partial charge is 0.506 e. The number of ketones is 2. The molecule has 0 unspecified atom stereocenters. The number of carbonyl (C=O) groups excluding carboxylic acids is 2. The number of aliphatic hydroxyl groups excluding tert-OH is 2. The van der Waals surface area contributed by atoms with Crippen LogP contribution in [0, 0.1) is 20.2 Å². The van der Waals surface area contributed by atoms with Crippen molar-refractivity contribution in [2.24, 2.45) is 44.7 Å². The Bertz CT molecular complexity index is 2240. The number of azo groups is 1. The van der Waals surface area contributed by atoms with Gasteiger partial charge < -0.3 is 36.1 Å². The van der Waals surface area contributed by atoms with Crippen LogP contribution in [0.4, 0.5) is 27.3 Å². The topological polar surface area (TPSA) is 298 Å². The Morgan fingerprint density at radius 3 is 1.64 bits per heavy atom. The minimum atomic E-state index is -0.583. The zero-order valence-corrected chi connectivity index (χ0v) is 29.7. The third-order valence-corrected chi connectivity index (χ3v) is 7.66. The van der Waals surface area contributed by atoms with Crippen molar-refractivity contribution >= 4 is 73.0 Å². The molecule has 21 nitrogen and oxygen atoms in total. The normalized spacial score (nSPS) is 15.7. The monoisotopic (exact) mass is 805 g/mol. The molecule has 24 heteroatoms. The first-order valence-electron chi connectivity index (χ1n) is 14.1. The zero-order chi connectivity index (χ0) is 37.8. The average molecular weight is 806 g/mol. The molecule has 1 aromatic carbocycles. The van der Waals surface area contributed by atoms with Crippen molar-refractivity contribution < 1.29 is 51.0 Å². The first-order valence-corrected chi connectivity index (χ1v) is 15.7. The fraction of sp³-hybridized carbons (Fsp3) is 0.0690. The number of hydrogen-bond acceptors (Lipinski definition) is 17. The summed E-state index contributed by atoms with van der Waals surface area (Å²) in [4.78, 5) is 48.9. The molecule has 0 aliphatic heterocycles. The molecule has 0 bridgehead atoms. The second kappa shape index (κ2) is 19.0. The number of hydrogen-bond donors (Lipinski definition) is 3. The standard InChI is InChI=1S/C11H13N5.2C9H6N4O4S.Co/c1-15-7-8-16(2)11(15)14-13-10-5-3-9(12)4-6-10;2*14-5-1-2-6(7(15)3-5)11-12-9-10-4-8(18-9)13(16)17;/h3-8,12H,1-2H3;2*1-4H,(H2,10,12,14,15);/p-1. The van der Waals surface area contributed by atoms with E-state index in [1.807, 2.05) is 47.8 Å². The first kappa shape index (κ1) is 40.7. The summed E-state index contributed by atoms with van der Waals surface area (Å²) in [6.07, 6.45) is 13.0. The van der Waals surface area contributed by atoms with Crippen LogP contribution in [0.1, 0.15) is 0 Å². The Morgan fingerprint density at radius 2 is 1.26 bits per heavy atom. The molecule has 275 valence electrons. The van der Waals surface area contributed by atoms with E-state index in [1.54, 1.807) is 12.1 Å². The van der Waals surface area contributed by atoms with Crippen molar-refractivity contribution in [3.63, 3.8) is 0 Å². The van der Waals surface area contributed by atoms with Crippen LogP contribution in [0.2, 0.25) is 0 Å². The van der Waals surface area contributed by atoms with Gasteiger partial charge in [-0.3, -0.25) is 40.0 Å². The van der Waals surface area contributed by atoms with Gasteiger partial charge in [-0.1, -0.05) is 27.8 Å². The molecule has 1 radical (unpaired) electrons. The minimum Gasteiger partial charge on any atom is -0.506 e. The summed E-state index contributed by atoms with van der Waals surface area (Å²) in [5, 5.41) is 62.2. The molecular formula is C29H24CoN13O8S2-. The van der Waals surface area contributed by atoms with E-state index < -0.39 is 9.85 Å². The summed E-state index contributed by atoms with van der Waals surface area (Å²) >= 11 is 1.51. The number of anilines is 1. The molecule has 2 aliphatic rings. The van der Waals surface area contributed by atoms with E-state index in [-0.39, 0.29) is 70.9 Å². The molecule has 53 heavy (non-hydrogen) atoms. The van der Waals surface area contributed by atoms with Gasteiger partial charge in [-0.15, -0.1) is 0 Å². The number of rotatable bonds is 6. The third-order valence-electron chi connectivity index (χ3n) is 6.00. The van der Waals surface area contributed by atoms with Crippen LogP contribution >= 0.6 is 22.7 Å². The molecular weight excluding hydrogens is 781 g/mol. The number of nitro groups is 2. The molecule has 2 aliphatic carbocycles. The maximum absolute atomic E-state index is 10.9. The van der Waals surface area contributed by atoms with Gasteiger partial charge in [-0.2, -0.15) is 0 Å². The number of allylic oxidation sites excluding steroid dienone is 6. The van der Waals surface area contributed by atoms with E-state index in [2.05, 4.69) is 40.6 Å². The van der Waals surface area contributed by atoms with Gasteiger partial charge in [0.15, 0.2) is 11.6 Å². The minimum absolute atomic E-state index is 0. The van der Waals surface area contributed by atoms with Crippen molar-refractivity contribution in [3.05, 3.63) is 127 Å². The Balaban J connectivity index is 0.000000212. The number of aromatic nitrogens is 4. The second-order valence-corrected chi connectivity index (χ2v) is 11.8. The van der Waals surface area contributed by atoms with Crippen molar-refractivity contribution in [3.8, 4) is 0 Å². The summed E-state index contributed by atoms with van der Waals surface area (Å²) in [6, 6.07) is 7.28. The Labute approximate surface area is 314 Å². The van der Waals surface area contributed by atoms with E-state index >= 15 is 0 Å². The summed E-state index contributed by atoms with van der Waals surface area (Å²) in [7, 11) is 3.86. The molecule has 0 saturated heterocycles. The molecule has 3 aromatic heterocycles. The summed E-state index contributed by atoms with van der Waals surface area (Å²) in [6.45, 7) is 0.